The van der Waals surface area contributed by atoms with Crippen LogP contribution in [0.3, 0.4) is 0 Å². The predicted octanol–water partition coefficient (Wildman–Crippen LogP) is 5.07. The van der Waals surface area contributed by atoms with E-state index in [1.807, 2.05) is 71.0 Å². The molecule has 0 aliphatic rings. The van der Waals surface area contributed by atoms with Crippen LogP contribution in [-0.2, 0) is 16.1 Å². The number of ether oxygens (including phenoxy) is 2. The van der Waals surface area contributed by atoms with Gasteiger partial charge in [-0.05, 0) is 74.6 Å². The van der Waals surface area contributed by atoms with Crippen molar-refractivity contribution in [2.24, 2.45) is 0 Å². The van der Waals surface area contributed by atoms with Crippen LogP contribution in [0.15, 0.2) is 36.4 Å². The fourth-order valence-corrected chi connectivity index (χ4v) is 3.61. The molecular weight excluding hydrogens is 440 g/mol. The Bertz CT molecular complexity index is 923. The fourth-order valence-electron chi connectivity index (χ4n) is 3.51. The first-order chi connectivity index (χ1) is 15.7. The van der Waals surface area contributed by atoms with Crippen molar-refractivity contribution < 1.29 is 19.1 Å². The molecule has 2 atom stereocenters. The first kappa shape index (κ1) is 26.5. The van der Waals surface area contributed by atoms with Gasteiger partial charge in [0.15, 0.2) is 6.61 Å². The number of nitrogens with one attached hydrogen (secondary N) is 1. The van der Waals surface area contributed by atoms with Crippen molar-refractivity contribution in [3.63, 3.8) is 0 Å². The molecule has 0 radical (unpaired) electrons. The van der Waals surface area contributed by atoms with Crippen molar-refractivity contribution in [3.05, 3.63) is 58.1 Å². The molecule has 0 aliphatic heterocycles. The van der Waals surface area contributed by atoms with Gasteiger partial charge in [0.2, 0.25) is 5.91 Å². The van der Waals surface area contributed by atoms with Gasteiger partial charge in [0.25, 0.3) is 5.91 Å². The number of carbonyl (C=O) groups is 2. The van der Waals surface area contributed by atoms with Crippen LogP contribution in [0.5, 0.6) is 11.5 Å². The summed E-state index contributed by atoms with van der Waals surface area (Å²) in [5.74, 6) is 0.883. The van der Waals surface area contributed by atoms with E-state index in [9.17, 15) is 9.59 Å². The molecule has 180 valence electrons. The molecule has 0 aromatic heterocycles. The zero-order valence-electron chi connectivity index (χ0n) is 20.4. The van der Waals surface area contributed by atoms with E-state index in [1.54, 1.807) is 12.0 Å². The fraction of sp³-hybridized carbons (Fsp3) is 0.462. The number of nitrogens with zero attached hydrogens (tertiary/aromatic N) is 1. The largest absolute Gasteiger partial charge is 0.497 e. The number of hydrogen-bond donors (Lipinski definition) is 1. The second kappa shape index (κ2) is 12.5. The lowest BCUT2D eigenvalue weighted by atomic mass is 10.1. The van der Waals surface area contributed by atoms with Gasteiger partial charge in [0, 0.05) is 17.6 Å². The molecule has 6 nitrogen and oxygen atoms in total. The van der Waals surface area contributed by atoms with Crippen LogP contribution in [0.1, 0.15) is 50.3 Å². The minimum atomic E-state index is -0.606. The number of methoxy groups -OCH3 is 1. The normalized spacial score (nSPS) is 12.6. The Morgan fingerprint density at radius 1 is 1.03 bits per heavy atom. The first-order valence-corrected chi connectivity index (χ1v) is 11.7. The van der Waals surface area contributed by atoms with Crippen LogP contribution in [0.4, 0.5) is 0 Å². The zero-order chi connectivity index (χ0) is 24.5. The van der Waals surface area contributed by atoms with Crippen molar-refractivity contribution in [3.8, 4) is 11.5 Å². The standard InChI is InChI=1S/C26H35ClN2O4/c1-7-19(5)28-26(31)23(8-2)29(15-20-9-11-21(32-6)12-10-20)24(30)16-33-22-13-17(3)25(27)18(4)14-22/h9-14,19,23H,7-8,15-16H2,1-6H3,(H,28,31)/t19-,23-/m1/s1. The molecule has 0 bridgehead atoms. The lowest BCUT2D eigenvalue weighted by molar-refractivity contribution is -0.143. The number of amides is 2. The SMILES string of the molecule is CC[C@@H](C)NC(=O)[C@@H](CC)N(Cc1ccc(OC)cc1)C(=O)COc1cc(C)c(Cl)c(C)c1. The van der Waals surface area contributed by atoms with Crippen LogP contribution in [0.25, 0.3) is 0 Å². The highest BCUT2D eigenvalue weighted by Gasteiger charge is 2.29. The van der Waals surface area contributed by atoms with E-state index in [-0.39, 0.29) is 31.0 Å². The maximum atomic E-state index is 13.3. The average molecular weight is 475 g/mol. The Morgan fingerprint density at radius 2 is 1.64 bits per heavy atom. The number of carbonyl (C=O) groups excluding carboxylic acids is 2. The number of benzene rings is 2. The Morgan fingerprint density at radius 3 is 2.15 bits per heavy atom. The molecule has 1 N–H and O–H groups in total. The summed E-state index contributed by atoms with van der Waals surface area (Å²) in [6.07, 6.45) is 1.30. The van der Waals surface area contributed by atoms with Gasteiger partial charge >= 0.3 is 0 Å². The van der Waals surface area contributed by atoms with Gasteiger partial charge in [0.05, 0.1) is 7.11 Å². The van der Waals surface area contributed by atoms with Crippen molar-refractivity contribution in [1.82, 2.24) is 10.2 Å². The third-order valence-corrected chi connectivity index (χ3v) is 6.27. The Balaban J connectivity index is 2.25. The van der Waals surface area contributed by atoms with Crippen LogP contribution in [0.2, 0.25) is 5.02 Å². The summed E-state index contributed by atoms with van der Waals surface area (Å²) in [6.45, 7) is 9.77. The third-order valence-electron chi connectivity index (χ3n) is 5.67. The number of rotatable bonds is 11. The molecule has 0 aliphatic carbocycles. The van der Waals surface area contributed by atoms with Gasteiger partial charge in [-0.3, -0.25) is 9.59 Å². The quantitative estimate of drug-likeness (QED) is 0.494. The molecule has 0 heterocycles. The summed E-state index contributed by atoms with van der Waals surface area (Å²) >= 11 is 6.24. The second-order valence-electron chi connectivity index (χ2n) is 8.27. The van der Waals surface area contributed by atoms with E-state index in [2.05, 4.69) is 5.32 Å². The average Bonchev–Trinajstić information content (AvgIpc) is 2.80. The molecule has 0 unspecified atom stereocenters. The third kappa shape index (κ3) is 7.39. The van der Waals surface area contributed by atoms with E-state index >= 15 is 0 Å². The maximum Gasteiger partial charge on any atom is 0.261 e. The van der Waals surface area contributed by atoms with E-state index in [0.29, 0.717) is 17.2 Å². The van der Waals surface area contributed by atoms with E-state index in [1.165, 1.54) is 0 Å². The van der Waals surface area contributed by atoms with Crippen LogP contribution in [0, 0.1) is 13.8 Å². The number of aryl methyl sites for hydroxylation is 2. The number of halogens is 1. The predicted molar refractivity (Wildman–Crippen MR) is 132 cm³/mol. The van der Waals surface area contributed by atoms with E-state index in [4.69, 9.17) is 21.1 Å². The molecular formula is C26H35ClN2O4. The van der Waals surface area contributed by atoms with E-state index < -0.39 is 6.04 Å². The monoisotopic (exact) mass is 474 g/mol. The first-order valence-electron chi connectivity index (χ1n) is 11.3. The Labute approximate surface area is 202 Å². The minimum absolute atomic E-state index is 0.0285. The molecule has 0 spiro atoms. The van der Waals surface area contributed by atoms with Crippen LogP contribution >= 0.6 is 11.6 Å². The number of hydrogen-bond acceptors (Lipinski definition) is 4. The summed E-state index contributed by atoms with van der Waals surface area (Å²) < 4.78 is 11.0. The highest BCUT2D eigenvalue weighted by atomic mass is 35.5. The summed E-state index contributed by atoms with van der Waals surface area (Å²) in [4.78, 5) is 27.9. The minimum Gasteiger partial charge on any atom is -0.497 e. The molecule has 7 heteroatoms. The Kier molecular flexibility index (Phi) is 10.0. The summed E-state index contributed by atoms with van der Waals surface area (Å²) in [5.41, 5.74) is 2.67. The van der Waals surface area contributed by atoms with Crippen LogP contribution < -0.4 is 14.8 Å². The highest BCUT2D eigenvalue weighted by molar-refractivity contribution is 6.32. The van der Waals surface area contributed by atoms with Crippen molar-refractivity contribution in [2.45, 2.75) is 66.1 Å². The molecule has 2 aromatic rings. The highest BCUT2D eigenvalue weighted by Crippen LogP contribution is 2.26. The van der Waals surface area contributed by atoms with Crippen molar-refractivity contribution >= 4 is 23.4 Å². The molecule has 0 saturated carbocycles. The smallest absolute Gasteiger partial charge is 0.261 e. The summed E-state index contributed by atoms with van der Waals surface area (Å²) in [5, 5.41) is 3.69. The summed E-state index contributed by atoms with van der Waals surface area (Å²) in [6, 6.07) is 10.5. The summed E-state index contributed by atoms with van der Waals surface area (Å²) in [7, 11) is 1.61. The van der Waals surface area contributed by atoms with Gasteiger partial charge in [-0.15, -0.1) is 0 Å². The lowest BCUT2D eigenvalue weighted by Crippen LogP contribution is -2.51. The van der Waals surface area contributed by atoms with Gasteiger partial charge < -0.3 is 19.7 Å². The molecule has 2 aromatic carbocycles. The molecule has 0 fully saturated rings. The molecule has 2 rings (SSSR count). The Hall–Kier alpha value is -2.73. The molecule has 0 saturated heterocycles. The second-order valence-corrected chi connectivity index (χ2v) is 8.65. The zero-order valence-corrected chi connectivity index (χ0v) is 21.2. The van der Waals surface area contributed by atoms with Gasteiger partial charge in [0.1, 0.15) is 17.5 Å². The van der Waals surface area contributed by atoms with Crippen LogP contribution in [-0.4, -0.2) is 42.5 Å². The molecule has 33 heavy (non-hydrogen) atoms. The van der Waals surface area contributed by atoms with Gasteiger partial charge in [-0.25, -0.2) is 0 Å². The van der Waals surface area contributed by atoms with Gasteiger partial charge in [-0.1, -0.05) is 37.6 Å². The topological polar surface area (TPSA) is 67.9 Å². The van der Waals surface area contributed by atoms with Crippen molar-refractivity contribution in [1.29, 1.82) is 0 Å². The van der Waals surface area contributed by atoms with E-state index in [0.717, 1.165) is 28.9 Å². The lowest BCUT2D eigenvalue weighted by Gasteiger charge is -2.31. The van der Waals surface area contributed by atoms with Crippen molar-refractivity contribution in [2.75, 3.05) is 13.7 Å². The maximum absolute atomic E-state index is 13.3. The molecule has 2 amide bonds. The van der Waals surface area contributed by atoms with Gasteiger partial charge in [-0.2, -0.15) is 0 Å².